The lowest BCUT2D eigenvalue weighted by molar-refractivity contribution is 0.0628. The first-order chi connectivity index (χ1) is 15.4. The van der Waals surface area contributed by atoms with Crippen LogP contribution in [0.2, 0.25) is 5.02 Å². The number of nitrogens with one attached hydrogen (secondary N) is 1. The summed E-state index contributed by atoms with van der Waals surface area (Å²) in [5.74, 6) is -0.175. The Morgan fingerprint density at radius 3 is 2.50 bits per heavy atom. The van der Waals surface area contributed by atoms with E-state index in [9.17, 15) is 13.2 Å². The summed E-state index contributed by atoms with van der Waals surface area (Å²) in [6.45, 7) is 3.44. The Morgan fingerprint density at radius 1 is 1.00 bits per heavy atom. The molecule has 3 aromatic rings. The largest absolute Gasteiger partial charge is 0.336 e. The van der Waals surface area contributed by atoms with Gasteiger partial charge in [-0.05, 0) is 48.0 Å². The van der Waals surface area contributed by atoms with Crippen molar-refractivity contribution in [1.82, 2.24) is 14.8 Å². The molecule has 1 amide bonds. The van der Waals surface area contributed by atoms with Crippen LogP contribution in [0.25, 0.3) is 0 Å². The third-order valence-electron chi connectivity index (χ3n) is 5.26. The van der Waals surface area contributed by atoms with E-state index >= 15 is 0 Å². The average molecular weight is 471 g/mol. The number of nitrogens with zero attached hydrogens (tertiary/aromatic N) is 3. The normalized spacial score (nSPS) is 14.8. The highest BCUT2D eigenvalue weighted by Gasteiger charge is 2.24. The van der Waals surface area contributed by atoms with Crippen LogP contribution in [0.15, 0.2) is 78.0 Å². The molecule has 0 aliphatic carbocycles. The molecule has 1 fully saturated rings. The van der Waals surface area contributed by atoms with E-state index < -0.39 is 10.0 Å². The van der Waals surface area contributed by atoms with Crippen LogP contribution in [-0.2, 0) is 16.6 Å². The van der Waals surface area contributed by atoms with Gasteiger partial charge in [-0.1, -0.05) is 29.8 Å². The van der Waals surface area contributed by atoms with Gasteiger partial charge in [0.1, 0.15) is 0 Å². The van der Waals surface area contributed by atoms with E-state index in [-0.39, 0.29) is 10.8 Å². The van der Waals surface area contributed by atoms with E-state index in [4.69, 9.17) is 11.6 Å². The first-order valence-corrected chi connectivity index (χ1v) is 12.1. The van der Waals surface area contributed by atoms with Crippen molar-refractivity contribution in [1.29, 1.82) is 0 Å². The quantitative estimate of drug-likeness (QED) is 0.596. The van der Waals surface area contributed by atoms with Gasteiger partial charge in [-0.2, -0.15) is 0 Å². The highest BCUT2D eigenvalue weighted by molar-refractivity contribution is 7.92. The maximum absolute atomic E-state index is 13.0. The maximum Gasteiger partial charge on any atom is 0.261 e. The molecule has 1 N–H and O–H groups in total. The third-order valence-corrected chi connectivity index (χ3v) is 6.87. The van der Waals surface area contributed by atoms with Crippen molar-refractivity contribution in [3.8, 4) is 0 Å². The van der Waals surface area contributed by atoms with Crippen LogP contribution in [0.1, 0.15) is 15.9 Å². The zero-order chi connectivity index (χ0) is 22.6. The summed E-state index contributed by atoms with van der Waals surface area (Å²) < 4.78 is 28.1. The molecule has 0 bridgehead atoms. The van der Waals surface area contributed by atoms with Crippen LogP contribution in [-0.4, -0.2) is 55.3 Å². The molecule has 166 valence electrons. The highest BCUT2D eigenvalue weighted by atomic mass is 35.5. The van der Waals surface area contributed by atoms with Gasteiger partial charge < -0.3 is 4.90 Å². The van der Waals surface area contributed by atoms with Crippen molar-refractivity contribution in [2.75, 3.05) is 30.9 Å². The lowest BCUT2D eigenvalue weighted by Crippen LogP contribution is -2.48. The van der Waals surface area contributed by atoms with Gasteiger partial charge in [-0.15, -0.1) is 0 Å². The summed E-state index contributed by atoms with van der Waals surface area (Å²) in [5, 5.41) is 0.428. The fourth-order valence-corrected chi connectivity index (χ4v) is 4.89. The fourth-order valence-electron chi connectivity index (χ4n) is 3.60. The van der Waals surface area contributed by atoms with Crippen LogP contribution in [0.4, 0.5) is 5.69 Å². The van der Waals surface area contributed by atoms with Gasteiger partial charge in [-0.3, -0.25) is 19.4 Å². The first kappa shape index (κ1) is 22.3. The number of hydrogen-bond donors (Lipinski definition) is 1. The SMILES string of the molecule is O=C(c1cccc(S(=O)(=O)Nc2cccc(Cl)c2)c1)N1CCN(Cc2cccnc2)CC1. The van der Waals surface area contributed by atoms with Crippen LogP contribution in [0.5, 0.6) is 0 Å². The number of piperazine rings is 1. The molecule has 0 unspecified atom stereocenters. The lowest BCUT2D eigenvalue weighted by Gasteiger charge is -2.34. The molecule has 0 atom stereocenters. The number of hydrogen-bond acceptors (Lipinski definition) is 5. The number of pyridine rings is 1. The smallest absolute Gasteiger partial charge is 0.261 e. The van der Waals surface area contributed by atoms with Crippen molar-refractivity contribution in [3.05, 3.63) is 89.2 Å². The van der Waals surface area contributed by atoms with E-state index in [0.717, 1.165) is 25.2 Å². The zero-order valence-electron chi connectivity index (χ0n) is 17.3. The van der Waals surface area contributed by atoms with E-state index in [1.807, 2.05) is 18.3 Å². The Labute approximate surface area is 192 Å². The molecule has 4 rings (SSSR count). The monoisotopic (exact) mass is 470 g/mol. The number of rotatable bonds is 6. The Bertz CT molecular complexity index is 1200. The molecule has 2 heterocycles. The minimum atomic E-state index is -3.85. The number of aromatic nitrogens is 1. The summed E-state index contributed by atoms with van der Waals surface area (Å²) in [6, 6.07) is 16.5. The molecule has 32 heavy (non-hydrogen) atoms. The Kier molecular flexibility index (Phi) is 6.74. The molecule has 1 aromatic heterocycles. The molecule has 0 saturated carbocycles. The maximum atomic E-state index is 13.0. The second kappa shape index (κ2) is 9.68. The summed E-state index contributed by atoms with van der Waals surface area (Å²) in [5.41, 5.74) is 1.84. The van der Waals surface area contributed by atoms with Gasteiger partial charge in [0.2, 0.25) is 0 Å². The second-order valence-electron chi connectivity index (χ2n) is 7.57. The van der Waals surface area contributed by atoms with Gasteiger partial charge in [0, 0.05) is 55.7 Å². The molecule has 7 nitrogen and oxygen atoms in total. The van der Waals surface area contributed by atoms with Gasteiger partial charge in [0.25, 0.3) is 15.9 Å². The number of anilines is 1. The lowest BCUT2D eigenvalue weighted by atomic mass is 10.1. The van der Waals surface area contributed by atoms with Gasteiger partial charge in [-0.25, -0.2) is 8.42 Å². The van der Waals surface area contributed by atoms with Crippen molar-refractivity contribution >= 4 is 33.2 Å². The van der Waals surface area contributed by atoms with Crippen LogP contribution >= 0.6 is 11.6 Å². The van der Waals surface area contributed by atoms with Crippen LogP contribution in [0, 0.1) is 0 Å². The molecular formula is C23H23ClN4O3S. The van der Waals surface area contributed by atoms with Crippen molar-refractivity contribution < 1.29 is 13.2 Å². The number of carbonyl (C=O) groups excluding carboxylic acids is 1. The molecule has 0 spiro atoms. The number of amides is 1. The predicted octanol–water partition coefficient (Wildman–Crippen LogP) is 3.49. The fraction of sp³-hybridized carbons (Fsp3) is 0.217. The number of carbonyl (C=O) groups is 1. The van der Waals surface area contributed by atoms with E-state index in [1.165, 1.54) is 18.2 Å². The second-order valence-corrected chi connectivity index (χ2v) is 9.69. The van der Waals surface area contributed by atoms with E-state index in [2.05, 4.69) is 14.6 Å². The predicted molar refractivity (Wildman–Crippen MR) is 124 cm³/mol. The molecule has 2 aromatic carbocycles. The van der Waals surface area contributed by atoms with Gasteiger partial charge in [0.05, 0.1) is 10.6 Å². The molecular weight excluding hydrogens is 448 g/mol. The topological polar surface area (TPSA) is 82.6 Å². The summed E-state index contributed by atoms with van der Waals surface area (Å²) >= 11 is 5.94. The average Bonchev–Trinajstić information content (AvgIpc) is 2.80. The third kappa shape index (κ3) is 5.45. The number of sulfonamides is 1. The van der Waals surface area contributed by atoms with E-state index in [1.54, 1.807) is 41.4 Å². The molecule has 1 aliphatic heterocycles. The van der Waals surface area contributed by atoms with Crippen molar-refractivity contribution in [3.63, 3.8) is 0 Å². The standard InChI is InChI=1S/C23H23ClN4O3S/c24-20-6-2-7-21(15-20)26-32(30,31)22-8-1-5-19(14-22)23(29)28-12-10-27(11-13-28)17-18-4-3-9-25-16-18/h1-9,14-16,26H,10-13,17H2. The Balaban J connectivity index is 1.41. The first-order valence-electron chi connectivity index (χ1n) is 10.2. The zero-order valence-corrected chi connectivity index (χ0v) is 18.9. The van der Waals surface area contributed by atoms with Gasteiger partial charge in [0.15, 0.2) is 0 Å². The number of halogens is 1. The van der Waals surface area contributed by atoms with Crippen molar-refractivity contribution in [2.24, 2.45) is 0 Å². The molecule has 1 aliphatic rings. The number of benzene rings is 2. The minimum absolute atomic E-state index is 0.0264. The summed E-state index contributed by atoms with van der Waals surface area (Å²) in [7, 11) is -3.85. The molecule has 0 radical (unpaired) electrons. The minimum Gasteiger partial charge on any atom is -0.336 e. The highest BCUT2D eigenvalue weighted by Crippen LogP contribution is 2.21. The Hall–Kier alpha value is -2.94. The van der Waals surface area contributed by atoms with Crippen LogP contribution in [0.3, 0.4) is 0 Å². The Morgan fingerprint density at radius 2 is 1.78 bits per heavy atom. The van der Waals surface area contributed by atoms with Crippen molar-refractivity contribution in [2.45, 2.75) is 11.4 Å². The van der Waals surface area contributed by atoms with Crippen LogP contribution < -0.4 is 4.72 Å². The van der Waals surface area contributed by atoms with Gasteiger partial charge >= 0.3 is 0 Å². The molecule has 1 saturated heterocycles. The summed E-state index contributed by atoms with van der Waals surface area (Å²) in [6.07, 6.45) is 3.60. The summed E-state index contributed by atoms with van der Waals surface area (Å²) in [4.78, 5) is 21.2. The molecule has 9 heteroatoms. The van der Waals surface area contributed by atoms with E-state index in [0.29, 0.717) is 29.4 Å².